The minimum Gasteiger partial charge on any atom is -0.378 e. The number of hydrogen-bond donors (Lipinski definition) is 0. The molecule has 2 aromatic heterocycles. The fourth-order valence-electron chi connectivity index (χ4n) is 5.86. The number of amides is 2. The molecule has 44 heavy (non-hydrogen) atoms. The van der Waals surface area contributed by atoms with Gasteiger partial charge >= 0.3 is 0 Å². The van der Waals surface area contributed by atoms with Crippen LogP contribution in [-0.4, -0.2) is 59.1 Å². The second-order valence-electron chi connectivity index (χ2n) is 12.6. The van der Waals surface area contributed by atoms with Crippen LogP contribution in [0.1, 0.15) is 68.1 Å². The molecule has 0 aliphatic carbocycles. The zero-order chi connectivity index (χ0) is 31.2. The first kappa shape index (κ1) is 30.0. The van der Waals surface area contributed by atoms with Crippen LogP contribution in [0.5, 0.6) is 0 Å². The topological polar surface area (TPSA) is 84.7 Å². The lowest BCUT2D eigenvalue weighted by atomic mass is 9.93. The van der Waals surface area contributed by atoms with E-state index in [1.807, 2.05) is 54.3 Å². The molecule has 6 rings (SSSR count). The number of benzene rings is 2. The molecule has 8 nitrogen and oxygen atoms in total. The fourth-order valence-corrected chi connectivity index (χ4v) is 7.08. The van der Waals surface area contributed by atoms with Gasteiger partial charge in [0.2, 0.25) is 0 Å². The van der Waals surface area contributed by atoms with Crippen LogP contribution in [0, 0.1) is 6.92 Å². The highest BCUT2D eigenvalue weighted by atomic mass is 32.1. The molecule has 2 amide bonds. The quantitative estimate of drug-likeness (QED) is 0.303. The number of hydrogen-bond acceptors (Lipinski definition) is 6. The van der Waals surface area contributed by atoms with Crippen LogP contribution in [0.2, 0.25) is 0 Å². The Morgan fingerprint density at radius 1 is 1.02 bits per heavy atom. The lowest BCUT2D eigenvalue weighted by Crippen LogP contribution is -2.40. The van der Waals surface area contributed by atoms with Gasteiger partial charge in [0, 0.05) is 61.0 Å². The second kappa shape index (κ2) is 11.8. The van der Waals surface area contributed by atoms with Crippen LogP contribution < -0.4 is 10.5 Å². The second-order valence-corrected chi connectivity index (χ2v) is 13.7. The van der Waals surface area contributed by atoms with Gasteiger partial charge in [0.05, 0.1) is 23.8 Å². The molecule has 0 spiro atoms. The molecular formula is C35H38N4O4S. The molecule has 9 heteroatoms. The average Bonchev–Trinajstić information content (AvgIpc) is 3.47. The summed E-state index contributed by atoms with van der Waals surface area (Å²) in [6.07, 6.45) is 2.91. The largest absolute Gasteiger partial charge is 0.378 e. The zero-order valence-corrected chi connectivity index (χ0v) is 26.8. The van der Waals surface area contributed by atoms with Crippen molar-refractivity contribution in [1.82, 2.24) is 14.5 Å². The maximum atomic E-state index is 13.7. The van der Waals surface area contributed by atoms with E-state index in [1.165, 1.54) is 4.88 Å². The van der Waals surface area contributed by atoms with Crippen LogP contribution in [0.4, 0.5) is 5.69 Å². The Morgan fingerprint density at radius 3 is 2.45 bits per heavy atom. The van der Waals surface area contributed by atoms with Crippen molar-refractivity contribution < 1.29 is 14.3 Å². The summed E-state index contributed by atoms with van der Waals surface area (Å²) in [4.78, 5) is 50.3. The van der Waals surface area contributed by atoms with Gasteiger partial charge in [-0.2, -0.15) is 0 Å². The van der Waals surface area contributed by atoms with Crippen molar-refractivity contribution in [3.8, 4) is 11.3 Å². The monoisotopic (exact) mass is 610 g/mol. The molecule has 0 N–H and O–H groups in total. The Hall–Kier alpha value is -4.08. The highest BCUT2D eigenvalue weighted by Crippen LogP contribution is 2.38. The lowest BCUT2D eigenvalue weighted by Gasteiger charge is -2.29. The van der Waals surface area contributed by atoms with E-state index in [9.17, 15) is 14.4 Å². The molecule has 2 aliphatic heterocycles. The molecular weight excluding hydrogens is 572 g/mol. The fraction of sp³-hybridized carbons (Fsp3) is 0.371. The Balaban J connectivity index is 1.26. The molecule has 228 valence electrons. The summed E-state index contributed by atoms with van der Waals surface area (Å²) in [7, 11) is 1.74. The number of carbonyl (C=O) groups is 2. The Bertz CT molecular complexity index is 1790. The molecule has 4 aromatic rings. The van der Waals surface area contributed by atoms with Gasteiger partial charge in [0.1, 0.15) is 5.69 Å². The van der Waals surface area contributed by atoms with Gasteiger partial charge in [0.15, 0.2) is 0 Å². The molecule has 4 heterocycles. The van der Waals surface area contributed by atoms with Gasteiger partial charge in [-0.15, -0.1) is 11.3 Å². The number of nitrogens with zero attached hydrogens (tertiary/aromatic N) is 4. The molecule has 2 aliphatic rings. The molecule has 1 fully saturated rings. The summed E-state index contributed by atoms with van der Waals surface area (Å²) in [5.74, 6) is 0.0278. The maximum absolute atomic E-state index is 13.7. The van der Waals surface area contributed by atoms with Crippen molar-refractivity contribution in [2.75, 3.05) is 37.7 Å². The highest BCUT2D eigenvalue weighted by Gasteiger charge is 2.31. The Morgan fingerprint density at radius 2 is 1.75 bits per heavy atom. The minimum atomic E-state index is -0.165. The number of carbonyl (C=O) groups excluding carboxylic acids is 2. The predicted octanol–water partition coefficient (Wildman–Crippen LogP) is 5.38. The summed E-state index contributed by atoms with van der Waals surface area (Å²) in [5.41, 5.74) is 6.28. The summed E-state index contributed by atoms with van der Waals surface area (Å²) >= 11 is 1.60. The molecule has 0 saturated carbocycles. The lowest BCUT2D eigenvalue weighted by molar-refractivity contribution is 0.0303. The zero-order valence-electron chi connectivity index (χ0n) is 26.0. The molecule has 0 radical (unpaired) electrons. The van der Waals surface area contributed by atoms with Crippen molar-refractivity contribution in [3.05, 3.63) is 103 Å². The van der Waals surface area contributed by atoms with Crippen LogP contribution in [0.15, 0.2) is 59.5 Å². The SMILES string of the molecule is Cc1c(-c2cn(C)c(=O)c(Cc3ccc(C(=O)N4CCOCC4)cc3)n2)cccc1N1CCc2cc(C(C)(C)C)sc2C1=O. The summed E-state index contributed by atoms with van der Waals surface area (Å²) in [6, 6.07) is 15.5. The van der Waals surface area contributed by atoms with Crippen LogP contribution in [0.3, 0.4) is 0 Å². The van der Waals surface area contributed by atoms with Crippen molar-refractivity contribution in [2.45, 2.75) is 46.0 Å². The van der Waals surface area contributed by atoms with Gasteiger partial charge in [-0.3, -0.25) is 14.4 Å². The van der Waals surface area contributed by atoms with Crippen molar-refractivity contribution in [2.24, 2.45) is 7.05 Å². The van der Waals surface area contributed by atoms with Crippen LogP contribution >= 0.6 is 11.3 Å². The average molecular weight is 611 g/mol. The van der Waals surface area contributed by atoms with E-state index < -0.39 is 0 Å². The van der Waals surface area contributed by atoms with Gasteiger partial charge in [-0.25, -0.2) is 4.98 Å². The van der Waals surface area contributed by atoms with E-state index in [0.29, 0.717) is 56.2 Å². The third-order valence-corrected chi connectivity index (χ3v) is 10.1. The van der Waals surface area contributed by atoms with Crippen molar-refractivity contribution in [1.29, 1.82) is 0 Å². The van der Waals surface area contributed by atoms with Crippen LogP contribution in [-0.2, 0) is 30.0 Å². The Kier molecular flexibility index (Phi) is 8.02. The first-order chi connectivity index (χ1) is 21.0. The first-order valence-electron chi connectivity index (χ1n) is 15.1. The summed E-state index contributed by atoms with van der Waals surface area (Å²) in [6.45, 7) is 11.5. The summed E-state index contributed by atoms with van der Waals surface area (Å²) < 4.78 is 6.92. The molecule has 2 aromatic carbocycles. The molecule has 0 unspecified atom stereocenters. The predicted molar refractivity (Wildman–Crippen MR) is 174 cm³/mol. The van der Waals surface area contributed by atoms with E-state index in [-0.39, 0.29) is 22.8 Å². The number of fused-ring (bicyclic) bond motifs is 1. The van der Waals surface area contributed by atoms with Gasteiger partial charge in [-0.1, -0.05) is 45.0 Å². The highest BCUT2D eigenvalue weighted by molar-refractivity contribution is 7.14. The van der Waals surface area contributed by atoms with Crippen molar-refractivity contribution >= 4 is 28.8 Å². The van der Waals surface area contributed by atoms with E-state index >= 15 is 0 Å². The van der Waals surface area contributed by atoms with E-state index in [4.69, 9.17) is 9.72 Å². The number of thiophene rings is 1. The third-order valence-electron chi connectivity index (χ3n) is 8.47. The number of ether oxygens (including phenoxy) is 1. The van der Waals surface area contributed by atoms with Crippen molar-refractivity contribution in [3.63, 3.8) is 0 Å². The molecule has 0 atom stereocenters. The van der Waals surface area contributed by atoms with Crippen LogP contribution in [0.25, 0.3) is 11.3 Å². The first-order valence-corrected chi connectivity index (χ1v) is 15.9. The van der Waals surface area contributed by atoms with E-state index in [1.54, 1.807) is 34.0 Å². The molecule has 1 saturated heterocycles. The maximum Gasteiger partial charge on any atom is 0.272 e. The van der Waals surface area contributed by atoms with E-state index in [0.717, 1.165) is 39.2 Å². The standard InChI is InChI=1S/C35H38N4O4S/c1-22-26(7-6-8-29(22)39-14-13-25-20-30(35(2,3)4)44-31(25)34(39)42)28-21-37(5)33(41)27(36-28)19-23-9-11-24(12-10-23)32(40)38-15-17-43-18-16-38/h6-12,20-21H,13-19H2,1-5H3. The van der Waals surface area contributed by atoms with Gasteiger partial charge in [0.25, 0.3) is 17.4 Å². The molecule has 0 bridgehead atoms. The third kappa shape index (κ3) is 5.74. The normalized spacial score (nSPS) is 15.4. The van der Waals surface area contributed by atoms with Gasteiger partial charge in [-0.05, 0) is 59.7 Å². The number of aromatic nitrogens is 2. The number of aryl methyl sites for hydroxylation is 1. The minimum absolute atomic E-state index is 0.00203. The Labute approximate surface area is 261 Å². The van der Waals surface area contributed by atoms with Gasteiger partial charge < -0.3 is 19.1 Å². The van der Waals surface area contributed by atoms with E-state index in [2.05, 4.69) is 26.8 Å². The summed E-state index contributed by atoms with van der Waals surface area (Å²) in [5, 5.41) is 0. The number of morpholine rings is 1. The smallest absolute Gasteiger partial charge is 0.272 e. The number of anilines is 1. The number of rotatable bonds is 5.